The predicted octanol–water partition coefficient (Wildman–Crippen LogP) is 2.52. The molecule has 1 N–H and O–H groups in total. The molecule has 4 heteroatoms. The van der Waals surface area contributed by atoms with E-state index in [1.165, 1.54) is 0 Å². The maximum Gasteiger partial charge on any atom is 0.251 e. The Bertz CT molecular complexity index is 505. The van der Waals surface area contributed by atoms with Crippen molar-refractivity contribution in [2.45, 2.75) is 45.6 Å². The number of amides is 2. The second kappa shape index (κ2) is 7.25. The fourth-order valence-electron chi connectivity index (χ4n) is 2.74. The van der Waals surface area contributed by atoms with Crippen molar-refractivity contribution in [1.29, 1.82) is 0 Å². The summed E-state index contributed by atoms with van der Waals surface area (Å²) in [4.78, 5) is 26.0. The van der Waals surface area contributed by atoms with Gasteiger partial charge in [0.15, 0.2) is 0 Å². The van der Waals surface area contributed by atoms with Gasteiger partial charge in [-0.05, 0) is 37.8 Å². The van der Waals surface area contributed by atoms with Crippen LogP contribution in [0.5, 0.6) is 0 Å². The quantitative estimate of drug-likeness (QED) is 0.925. The number of piperidine rings is 1. The first kappa shape index (κ1) is 15.5. The van der Waals surface area contributed by atoms with Crippen LogP contribution in [-0.4, -0.2) is 35.8 Å². The number of benzene rings is 1. The van der Waals surface area contributed by atoms with Crippen molar-refractivity contribution in [3.05, 3.63) is 35.4 Å². The van der Waals surface area contributed by atoms with E-state index in [9.17, 15) is 9.59 Å². The number of nitrogens with zero attached hydrogens (tertiary/aromatic N) is 1. The second-order valence-electron chi connectivity index (χ2n) is 5.69. The van der Waals surface area contributed by atoms with Crippen LogP contribution in [0.1, 0.15) is 48.5 Å². The molecule has 1 fully saturated rings. The normalized spacial score (nSPS) is 15.8. The molecule has 1 aliphatic heterocycles. The maximum atomic E-state index is 12.3. The van der Waals surface area contributed by atoms with Crippen LogP contribution in [0.4, 0.5) is 0 Å². The van der Waals surface area contributed by atoms with Gasteiger partial charge in [-0.15, -0.1) is 0 Å². The van der Waals surface area contributed by atoms with Gasteiger partial charge in [-0.3, -0.25) is 9.59 Å². The van der Waals surface area contributed by atoms with Gasteiger partial charge in [0.05, 0.1) is 0 Å². The van der Waals surface area contributed by atoms with Crippen molar-refractivity contribution in [2.24, 2.45) is 0 Å². The summed E-state index contributed by atoms with van der Waals surface area (Å²) in [5.74, 6) is 0.229. The van der Waals surface area contributed by atoms with Gasteiger partial charge in [-0.1, -0.05) is 25.1 Å². The van der Waals surface area contributed by atoms with Gasteiger partial charge in [-0.25, -0.2) is 0 Å². The highest BCUT2D eigenvalue weighted by Gasteiger charge is 2.23. The largest absolute Gasteiger partial charge is 0.349 e. The fourth-order valence-corrected chi connectivity index (χ4v) is 2.74. The van der Waals surface area contributed by atoms with E-state index in [1.807, 2.05) is 43.0 Å². The van der Waals surface area contributed by atoms with Crippen molar-refractivity contribution < 1.29 is 9.59 Å². The Hall–Kier alpha value is -1.84. The number of hydrogen-bond acceptors (Lipinski definition) is 2. The van der Waals surface area contributed by atoms with Crippen LogP contribution in [0.3, 0.4) is 0 Å². The lowest BCUT2D eigenvalue weighted by atomic mass is 10.0. The third-order valence-corrected chi connectivity index (χ3v) is 4.04. The zero-order chi connectivity index (χ0) is 15.2. The van der Waals surface area contributed by atoms with Crippen LogP contribution in [0.25, 0.3) is 0 Å². The van der Waals surface area contributed by atoms with Gasteiger partial charge in [0, 0.05) is 31.1 Å². The minimum atomic E-state index is -0.00793. The highest BCUT2D eigenvalue weighted by Crippen LogP contribution is 2.14. The van der Waals surface area contributed by atoms with Gasteiger partial charge in [0.1, 0.15) is 0 Å². The molecule has 2 amide bonds. The molecule has 0 bridgehead atoms. The number of carbonyl (C=O) groups is 2. The van der Waals surface area contributed by atoms with Crippen LogP contribution in [0, 0.1) is 6.92 Å². The average Bonchev–Trinajstić information content (AvgIpc) is 2.48. The van der Waals surface area contributed by atoms with Gasteiger partial charge in [0.25, 0.3) is 5.91 Å². The molecule has 114 valence electrons. The standard InChI is InChI=1S/C17H24N2O2/c1-3-6-16(20)19-11-9-14(10-12-19)18-17(21)15-8-5-4-7-13(15)2/h4-5,7-8,14H,3,6,9-12H2,1-2H3,(H,18,21). The van der Waals surface area contributed by atoms with E-state index in [1.54, 1.807) is 0 Å². The highest BCUT2D eigenvalue weighted by atomic mass is 16.2. The third-order valence-electron chi connectivity index (χ3n) is 4.04. The molecule has 21 heavy (non-hydrogen) atoms. The molecule has 4 nitrogen and oxygen atoms in total. The number of aryl methyl sites for hydroxylation is 1. The summed E-state index contributed by atoms with van der Waals surface area (Å²) in [6, 6.07) is 7.78. The molecular weight excluding hydrogens is 264 g/mol. The van der Waals surface area contributed by atoms with Crippen LogP contribution in [0.15, 0.2) is 24.3 Å². The molecule has 0 radical (unpaired) electrons. The summed E-state index contributed by atoms with van der Waals surface area (Å²) < 4.78 is 0. The summed E-state index contributed by atoms with van der Waals surface area (Å²) in [5, 5.41) is 3.09. The SMILES string of the molecule is CCCC(=O)N1CCC(NC(=O)c2ccccc2C)CC1. The molecule has 2 rings (SSSR count). The first-order valence-corrected chi connectivity index (χ1v) is 7.76. The Morgan fingerprint density at radius 1 is 1.24 bits per heavy atom. The van der Waals surface area contributed by atoms with Gasteiger partial charge in [-0.2, -0.15) is 0 Å². The molecule has 0 spiro atoms. The number of likely N-dealkylation sites (tertiary alicyclic amines) is 1. The Morgan fingerprint density at radius 2 is 1.90 bits per heavy atom. The lowest BCUT2D eigenvalue weighted by Gasteiger charge is -2.32. The van der Waals surface area contributed by atoms with Crippen molar-refractivity contribution >= 4 is 11.8 Å². The van der Waals surface area contributed by atoms with Crippen molar-refractivity contribution in [3.8, 4) is 0 Å². The minimum absolute atomic E-state index is 0.00793. The zero-order valence-corrected chi connectivity index (χ0v) is 12.9. The van der Waals surface area contributed by atoms with Crippen LogP contribution >= 0.6 is 0 Å². The zero-order valence-electron chi connectivity index (χ0n) is 12.9. The topological polar surface area (TPSA) is 49.4 Å². The predicted molar refractivity (Wildman–Crippen MR) is 83.2 cm³/mol. The van der Waals surface area contributed by atoms with E-state index in [0.717, 1.165) is 43.5 Å². The molecule has 0 unspecified atom stereocenters. The first-order chi connectivity index (χ1) is 10.1. The Labute approximate surface area is 126 Å². The van der Waals surface area contributed by atoms with E-state index < -0.39 is 0 Å². The molecule has 1 aliphatic rings. The van der Waals surface area contributed by atoms with Crippen molar-refractivity contribution in [1.82, 2.24) is 10.2 Å². The molecule has 0 saturated carbocycles. The second-order valence-corrected chi connectivity index (χ2v) is 5.69. The highest BCUT2D eigenvalue weighted by molar-refractivity contribution is 5.95. The van der Waals surface area contributed by atoms with Gasteiger partial charge >= 0.3 is 0 Å². The Kier molecular flexibility index (Phi) is 5.37. The molecule has 1 saturated heterocycles. The van der Waals surface area contributed by atoms with Crippen LogP contribution in [-0.2, 0) is 4.79 Å². The number of hydrogen-bond donors (Lipinski definition) is 1. The summed E-state index contributed by atoms with van der Waals surface area (Å²) >= 11 is 0. The number of rotatable bonds is 4. The van der Waals surface area contributed by atoms with Gasteiger partial charge < -0.3 is 10.2 Å². The smallest absolute Gasteiger partial charge is 0.251 e. The van der Waals surface area contributed by atoms with Crippen molar-refractivity contribution in [3.63, 3.8) is 0 Å². The molecule has 0 aliphatic carbocycles. The summed E-state index contributed by atoms with van der Waals surface area (Å²) in [5.41, 5.74) is 1.73. The first-order valence-electron chi connectivity index (χ1n) is 7.76. The summed E-state index contributed by atoms with van der Waals surface area (Å²) in [6.07, 6.45) is 3.20. The van der Waals surface area contributed by atoms with E-state index in [0.29, 0.717) is 6.42 Å². The number of carbonyl (C=O) groups excluding carboxylic acids is 2. The Balaban J connectivity index is 1.85. The molecule has 0 aromatic heterocycles. The third kappa shape index (κ3) is 4.06. The lowest BCUT2D eigenvalue weighted by molar-refractivity contribution is -0.132. The molecule has 1 heterocycles. The van der Waals surface area contributed by atoms with Crippen LogP contribution < -0.4 is 5.32 Å². The van der Waals surface area contributed by atoms with E-state index in [-0.39, 0.29) is 17.9 Å². The van der Waals surface area contributed by atoms with E-state index >= 15 is 0 Å². The van der Waals surface area contributed by atoms with Crippen LogP contribution in [0.2, 0.25) is 0 Å². The molecule has 1 aromatic rings. The molecule has 1 aromatic carbocycles. The van der Waals surface area contributed by atoms with E-state index in [4.69, 9.17) is 0 Å². The monoisotopic (exact) mass is 288 g/mol. The average molecular weight is 288 g/mol. The fraction of sp³-hybridized carbons (Fsp3) is 0.529. The maximum absolute atomic E-state index is 12.3. The Morgan fingerprint density at radius 3 is 2.52 bits per heavy atom. The summed E-state index contributed by atoms with van der Waals surface area (Å²) in [6.45, 7) is 5.46. The van der Waals surface area contributed by atoms with Crippen molar-refractivity contribution in [2.75, 3.05) is 13.1 Å². The van der Waals surface area contributed by atoms with E-state index in [2.05, 4.69) is 5.32 Å². The molecular formula is C17H24N2O2. The lowest BCUT2D eigenvalue weighted by Crippen LogP contribution is -2.46. The minimum Gasteiger partial charge on any atom is -0.349 e. The molecule has 0 atom stereocenters. The number of nitrogens with one attached hydrogen (secondary N) is 1. The summed E-state index contributed by atoms with van der Waals surface area (Å²) in [7, 11) is 0. The van der Waals surface area contributed by atoms with Gasteiger partial charge in [0.2, 0.25) is 5.91 Å².